The quantitative estimate of drug-likeness (QED) is 0.104. The Morgan fingerprint density at radius 1 is 0.348 bits per heavy atom. The molecule has 3 aliphatic carbocycles. The topological polar surface area (TPSA) is 44.4 Å². The van der Waals surface area contributed by atoms with E-state index in [9.17, 15) is 5.41 Å². The number of hydrogen-bond acceptors (Lipinski definition) is 4. The molecule has 4 nitrogen and oxygen atoms in total. The summed E-state index contributed by atoms with van der Waals surface area (Å²) in [6, 6.07) is 102. The Morgan fingerprint density at radius 2 is 0.719 bits per heavy atom. The molecule has 0 amide bonds. The standard InChI is InChI=1S/C84H62N4S/c1-83(2)74-21-13-11-19-68(74)70-43-35-62(51-76(70)83)57-27-23-55(24-28-57)60-37-46-78-72(49-60)73-50-61(56-25-29-58(30-26-56)63-36-44-71-69-20-12-14-22-75(69)84(3,4)77(71)52-63)38-47-79(73)88(78)66-41-33-59(34-42-66)67-45-48-80(82(86-89)81(67)85)87(64-17-9-6-10-18-64)65-39-31-54(32-40-65)53-15-7-5-8-16-53/h5-52,85,89H,1-4H3. The van der Waals surface area contributed by atoms with Crippen molar-refractivity contribution in [3.63, 3.8) is 0 Å². The summed E-state index contributed by atoms with van der Waals surface area (Å²) < 4.78 is 6.90. The van der Waals surface area contributed by atoms with Gasteiger partial charge in [-0.3, -0.25) is 5.41 Å². The van der Waals surface area contributed by atoms with Gasteiger partial charge in [-0.25, -0.2) is 4.40 Å². The van der Waals surface area contributed by atoms with Gasteiger partial charge >= 0.3 is 0 Å². The zero-order valence-corrected chi connectivity index (χ0v) is 50.9. The molecule has 1 aromatic heterocycles. The SMILES string of the molecule is CC1(C)c2ccccc2-c2ccc(-c3ccc(-c4ccc5c(c4)c4cc(-c6ccc(-c7ccc8c(c7)C(C)(C)c7ccccc7-8)cc6)ccc4n5-c4ccc(C5=CC=C(N(c6ccccc6)c6ccc(-c7ccccc7)cc6)C(=NS)C5=N)cc4)cc3)cc21. The average Bonchev–Trinajstić information content (AvgIpc) is 1.67. The van der Waals surface area contributed by atoms with Crippen LogP contribution in [0.3, 0.4) is 0 Å². The third kappa shape index (κ3) is 8.90. The number of hydrogen-bond donors (Lipinski definition) is 2. The third-order valence-electron chi connectivity index (χ3n) is 19.2. The summed E-state index contributed by atoms with van der Waals surface area (Å²) in [6.45, 7) is 9.38. The molecule has 13 aromatic rings. The van der Waals surface area contributed by atoms with E-state index in [1.54, 1.807) is 0 Å². The highest BCUT2D eigenvalue weighted by atomic mass is 32.1. The molecule has 0 atom stereocenters. The summed E-state index contributed by atoms with van der Waals surface area (Å²) in [4.78, 5) is 2.15. The predicted molar refractivity (Wildman–Crippen MR) is 378 cm³/mol. The Bertz CT molecular complexity index is 4890. The maximum Gasteiger partial charge on any atom is 0.121 e. The first-order chi connectivity index (χ1) is 43.5. The highest BCUT2D eigenvalue weighted by Gasteiger charge is 2.37. The number of allylic oxidation sites excluding steroid dienone is 4. The normalized spacial score (nSPS) is 14.7. The highest BCUT2D eigenvalue weighted by molar-refractivity contribution is 7.79. The first kappa shape index (κ1) is 53.8. The highest BCUT2D eigenvalue weighted by Crippen LogP contribution is 2.51. The second kappa shape index (κ2) is 21.1. The molecule has 0 aliphatic heterocycles. The van der Waals surface area contributed by atoms with Gasteiger partial charge in [-0.1, -0.05) is 234 Å². The largest absolute Gasteiger partial charge is 0.309 e. The Morgan fingerprint density at radius 3 is 1.21 bits per heavy atom. The van der Waals surface area contributed by atoms with Crippen LogP contribution in [0.15, 0.2) is 301 Å². The van der Waals surface area contributed by atoms with Crippen molar-refractivity contribution in [1.82, 2.24) is 4.57 Å². The van der Waals surface area contributed by atoms with Crippen LogP contribution in [-0.4, -0.2) is 16.0 Å². The van der Waals surface area contributed by atoms with Gasteiger partial charge in [-0.2, -0.15) is 0 Å². The van der Waals surface area contributed by atoms with Crippen molar-refractivity contribution >= 4 is 63.0 Å². The van der Waals surface area contributed by atoms with Crippen molar-refractivity contribution in [3.8, 4) is 83.6 Å². The molecule has 0 bridgehead atoms. The van der Waals surface area contributed by atoms with Crippen LogP contribution < -0.4 is 4.90 Å². The van der Waals surface area contributed by atoms with Gasteiger partial charge < -0.3 is 9.47 Å². The number of nitrogens with one attached hydrogen (secondary N) is 1. The minimum Gasteiger partial charge on any atom is -0.309 e. The maximum absolute atomic E-state index is 9.74. The van der Waals surface area contributed by atoms with Gasteiger partial charge in [0.25, 0.3) is 0 Å². The van der Waals surface area contributed by atoms with Crippen molar-refractivity contribution in [1.29, 1.82) is 5.41 Å². The lowest BCUT2D eigenvalue weighted by molar-refractivity contribution is 0.660. The van der Waals surface area contributed by atoms with Crippen molar-refractivity contribution in [3.05, 3.63) is 325 Å². The lowest BCUT2D eigenvalue weighted by Crippen LogP contribution is -2.30. The molecule has 0 unspecified atom stereocenters. The molecule has 0 saturated heterocycles. The molecule has 424 valence electrons. The van der Waals surface area contributed by atoms with Gasteiger partial charge in [-0.15, -0.1) is 0 Å². The molecule has 0 saturated carbocycles. The van der Waals surface area contributed by atoms with E-state index in [0.29, 0.717) is 11.4 Å². The predicted octanol–water partition coefficient (Wildman–Crippen LogP) is 22.2. The Hall–Kier alpha value is -10.6. The van der Waals surface area contributed by atoms with Gasteiger partial charge in [0.1, 0.15) is 5.71 Å². The van der Waals surface area contributed by atoms with E-state index in [2.05, 4.69) is 315 Å². The Kier molecular flexibility index (Phi) is 12.8. The number of rotatable bonds is 10. The zero-order chi connectivity index (χ0) is 60.1. The first-order valence-electron chi connectivity index (χ1n) is 30.6. The van der Waals surface area contributed by atoms with Crippen molar-refractivity contribution < 1.29 is 0 Å². The molecule has 0 radical (unpaired) electrons. The van der Waals surface area contributed by atoms with Crippen LogP contribution in [0.1, 0.15) is 55.5 Å². The van der Waals surface area contributed by atoms with Crippen molar-refractivity contribution in [2.45, 2.75) is 38.5 Å². The number of thiol groups is 1. The molecule has 3 aliphatic rings. The molecule has 89 heavy (non-hydrogen) atoms. The van der Waals surface area contributed by atoms with Gasteiger partial charge in [0.15, 0.2) is 0 Å². The number of nitrogens with zero attached hydrogens (tertiary/aromatic N) is 3. The summed E-state index contributed by atoms with van der Waals surface area (Å²) in [6.07, 6.45) is 4.11. The zero-order valence-electron chi connectivity index (χ0n) is 50.0. The third-order valence-corrected chi connectivity index (χ3v) is 19.4. The van der Waals surface area contributed by atoms with E-state index < -0.39 is 0 Å². The molecule has 1 heterocycles. The molecule has 16 rings (SSSR count). The lowest BCUT2D eigenvalue weighted by atomic mass is 9.81. The second-order valence-corrected chi connectivity index (χ2v) is 25.1. The summed E-state index contributed by atoms with van der Waals surface area (Å²) in [7, 11) is 0. The van der Waals surface area contributed by atoms with Crippen LogP contribution in [0.5, 0.6) is 0 Å². The van der Waals surface area contributed by atoms with Crippen molar-refractivity contribution in [2.24, 2.45) is 4.40 Å². The smallest absolute Gasteiger partial charge is 0.121 e. The Labute approximate surface area is 525 Å². The molecule has 0 spiro atoms. The second-order valence-electron chi connectivity index (χ2n) is 24.9. The molecular weight excluding hydrogens is 1100 g/mol. The molecule has 0 fully saturated rings. The molecule has 1 N–H and O–H groups in total. The van der Waals surface area contributed by atoms with Crippen molar-refractivity contribution in [2.75, 3.05) is 4.90 Å². The van der Waals surface area contributed by atoms with Gasteiger partial charge in [0.2, 0.25) is 0 Å². The van der Waals surface area contributed by atoms with E-state index in [1.165, 1.54) is 77.5 Å². The van der Waals surface area contributed by atoms with E-state index in [-0.39, 0.29) is 10.8 Å². The number of anilines is 2. The van der Waals surface area contributed by atoms with Crippen LogP contribution in [0.2, 0.25) is 0 Å². The summed E-state index contributed by atoms with van der Waals surface area (Å²) >= 11 is 4.54. The van der Waals surface area contributed by atoms with Crippen LogP contribution >= 0.6 is 12.8 Å². The first-order valence-corrected chi connectivity index (χ1v) is 31.0. The minimum absolute atomic E-state index is 0.0648. The van der Waals surface area contributed by atoms with Gasteiger partial charge in [0.05, 0.1) is 22.4 Å². The lowest BCUT2D eigenvalue weighted by Gasteiger charge is -2.30. The number of benzene rings is 12. The number of para-hydroxylation sites is 1. The van der Waals surface area contributed by atoms with Crippen LogP contribution in [0.4, 0.5) is 11.4 Å². The average molecular weight is 1160 g/mol. The van der Waals surface area contributed by atoms with Crippen LogP contribution in [0.25, 0.3) is 111 Å². The fourth-order valence-electron chi connectivity index (χ4n) is 14.5. The van der Waals surface area contributed by atoms with Crippen LogP contribution in [0, 0.1) is 5.41 Å². The van der Waals surface area contributed by atoms with Gasteiger partial charge in [0, 0.05) is 44.2 Å². The van der Waals surface area contributed by atoms with Gasteiger partial charge in [-0.05, 0) is 203 Å². The summed E-state index contributed by atoms with van der Waals surface area (Å²) in [5.74, 6) is 0. The monoisotopic (exact) mass is 1160 g/mol. The van der Waals surface area contributed by atoms with E-state index in [0.717, 1.165) is 78.3 Å². The Balaban J connectivity index is 0.754. The fourth-order valence-corrected chi connectivity index (χ4v) is 14.7. The maximum atomic E-state index is 9.74. The van der Waals surface area contributed by atoms with E-state index in [1.807, 2.05) is 30.3 Å². The fraction of sp³-hybridized carbons (Fsp3) is 0.0714. The minimum atomic E-state index is -0.0648. The summed E-state index contributed by atoms with van der Waals surface area (Å²) in [5, 5.41) is 12.1. The molecular formula is C84H62N4S. The number of fused-ring (bicyclic) bond motifs is 9. The van der Waals surface area contributed by atoms with E-state index >= 15 is 0 Å². The number of aromatic nitrogens is 1. The molecule has 5 heteroatoms. The molecule has 12 aromatic carbocycles. The summed E-state index contributed by atoms with van der Waals surface area (Å²) in [5.41, 5.74) is 31.0. The van der Waals surface area contributed by atoms with Crippen LogP contribution in [-0.2, 0) is 10.8 Å². The van der Waals surface area contributed by atoms with E-state index in [4.69, 9.17) is 0 Å².